The zero-order valence-electron chi connectivity index (χ0n) is 17.4. The Morgan fingerprint density at radius 2 is 1.78 bits per heavy atom. The number of imidazole rings is 2. The van der Waals surface area contributed by atoms with Gasteiger partial charge in [-0.1, -0.05) is 36.4 Å². The standard InChI is InChI=1S/C22H19N7O3/c1-26-13-23-20-18(26)21(31)29(22(32)27(20)2)12-16(30)25-19-17(14-8-4-3-5-9-14)24-15-10-6-7-11-28(15)19/h3-11,13H,12H2,1-2H3,(H,25,30). The minimum atomic E-state index is -0.613. The Morgan fingerprint density at radius 3 is 2.56 bits per heavy atom. The summed E-state index contributed by atoms with van der Waals surface area (Å²) >= 11 is 0. The molecule has 0 unspecified atom stereocenters. The molecule has 0 spiro atoms. The number of nitrogens with one attached hydrogen (secondary N) is 1. The fraction of sp³-hybridized carbons (Fsp3) is 0.136. The number of amides is 1. The van der Waals surface area contributed by atoms with Gasteiger partial charge >= 0.3 is 5.69 Å². The number of hydrogen-bond acceptors (Lipinski definition) is 5. The number of nitrogens with zero attached hydrogens (tertiary/aromatic N) is 6. The van der Waals surface area contributed by atoms with Gasteiger partial charge in [-0.25, -0.2) is 19.3 Å². The second-order valence-corrected chi connectivity index (χ2v) is 7.41. The van der Waals surface area contributed by atoms with Crippen molar-refractivity contribution in [3.05, 3.63) is 81.9 Å². The highest BCUT2D eigenvalue weighted by atomic mass is 16.2. The molecule has 32 heavy (non-hydrogen) atoms. The molecular formula is C22H19N7O3. The van der Waals surface area contributed by atoms with Crippen molar-refractivity contribution in [2.24, 2.45) is 14.1 Å². The molecule has 4 aromatic heterocycles. The van der Waals surface area contributed by atoms with Gasteiger partial charge in [0.15, 0.2) is 11.2 Å². The van der Waals surface area contributed by atoms with Crippen LogP contribution < -0.4 is 16.6 Å². The molecule has 5 rings (SSSR count). The van der Waals surface area contributed by atoms with Gasteiger partial charge in [0.2, 0.25) is 5.91 Å². The maximum absolute atomic E-state index is 13.0. The van der Waals surface area contributed by atoms with Gasteiger partial charge < -0.3 is 9.88 Å². The van der Waals surface area contributed by atoms with Gasteiger partial charge in [0.05, 0.1) is 6.33 Å². The first-order chi connectivity index (χ1) is 15.5. The van der Waals surface area contributed by atoms with E-state index in [1.54, 1.807) is 17.6 Å². The molecule has 0 saturated heterocycles. The molecule has 0 radical (unpaired) electrons. The number of anilines is 1. The Morgan fingerprint density at radius 1 is 1.03 bits per heavy atom. The summed E-state index contributed by atoms with van der Waals surface area (Å²) in [4.78, 5) is 47.4. The van der Waals surface area contributed by atoms with Crippen LogP contribution in [0.4, 0.5) is 5.82 Å². The van der Waals surface area contributed by atoms with Gasteiger partial charge in [-0.2, -0.15) is 0 Å². The summed E-state index contributed by atoms with van der Waals surface area (Å²) < 4.78 is 5.45. The minimum Gasteiger partial charge on any atom is -0.328 e. The molecule has 10 nitrogen and oxygen atoms in total. The first-order valence-corrected chi connectivity index (χ1v) is 9.89. The van der Waals surface area contributed by atoms with Crippen LogP contribution in [0.15, 0.2) is 70.6 Å². The Bertz CT molecular complexity index is 1610. The topological polar surface area (TPSA) is 108 Å². The van der Waals surface area contributed by atoms with Crippen LogP contribution in [0.5, 0.6) is 0 Å². The van der Waals surface area contributed by atoms with Crippen molar-refractivity contribution in [3.8, 4) is 11.3 Å². The molecule has 0 aliphatic rings. The first kappa shape index (κ1) is 19.5. The Labute approximate surface area is 181 Å². The lowest BCUT2D eigenvalue weighted by Crippen LogP contribution is -2.42. The number of carbonyl (C=O) groups is 1. The summed E-state index contributed by atoms with van der Waals surface area (Å²) in [7, 11) is 3.18. The molecule has 0 aliphatic heterocycles. The van der Waals surface area contributed by atoms with Gasteiger partial charge in [0.1, 0.15) is 23.7 Å². The van der Waals surface area contributed by atoms with Crippen LogP contribution >= 0.6 is 0 Å². The Kier molecular flexibility index (Phi) is 4.47. The predicted octanol–water partition coefficient (Wildman–Crippen LogP) is 1.39. The van der Waals surface area contributed by atoms with Crippen molar-refractivity contribution in [3.63, 3.8) is 0 Å². The highest BCUT2D eigenvalue weighted by molar-refractivity contribution is 5.94. The van der Waals surface area contributed by atoms with Gasteiger partial charge in [0, 0.05) is 25.9 Å². The fourth-order valence-electron chi connectivity index (χ4n) is 3.76. The van der Waals surface area contributed by atoms with E-state index in [-0.39, 0.29) is 11.2 Å². The highest BCUT2D eigenvalue weighted by Crippen LogP contribution is 2.28. The summed E-state index contributed by atoms with van der Waals surface area (Å²) in [6.45, 7) is -0.444. The van der Waals surface area contributed by atoms with Gasteiger partial charge in [0.25, 0.3) is 5.56 Å². The smallest absolute Gasteiger partial charge is 0.328 e. The Balaban J connectivity index is 1.57. The molecule has 1 N–H and O–H groups in total. The van der Waals surface area contributed by atoms with Crippen molar-refractivity contribution in [2.45, 2.75) is 6.54 Å². The van der Waals surface area contributed by atoms with E-state index < -0.39 is 23.7 Å². The summed E-state index contributed by atoms with van der Waals surface area (Å²) in [5.41, 5.74) is 1.42. The average Bonchev–Trinajstić information content (AvgIpc) is 3.37. The molecule has 0 aliphatic carbocycles. The number of hydrogen-bond donors (Lipinski definition) is 1. The van der Waals surface area contributed by atoms with E-state index in [0.717, 1.165) is 10.1 Å². The SMILES string of the molecule is Cn1cnc2c1c(=O)n(CC(=O)Nc1c(-c3ccccc3)nc3ccccn13)c(=O)n2C. The molecule has 0 atom stereocenters. The van der Waals surface area contributed by atoms with Crippen molar-refractivity contribution in [1.82, 2.24) is 28.1 Å². The number of carbonyl (C=O) groups excluding carboxylic acids is 1. The maximum Gasteiger partial charge on any atom is 0.332 e. The van der Waals surface area contributed by atoms with Crippen LogP contribution in [0.25, 0.3) is 28.1 Å². The summed E-state index contributed by atoms with van der Waals surface area (Å²) in [6, 6.07) is 15.0. The van der Waals surface area contributed by atoms with E-state index in [0.29, 0.717) is 17.2 Å². The molecule has 5 aromatic rings. The number of benzene rings is 1. The van der Waals surface area contributed by atoms with Crippen LogP contribution in [-0.4, -0.2) is 34.0 Å². The average molecular weight is 429 g/mol. The lowest BCUT2D eigenvalue weighted by Gasteiger charge is -2.10. The third-order valence-electron chi connectivity index (χ3n) is 5.34. The molecule has 10 heteroatoms. The van der Waals surface area contributed by atoms with E-state index in [1.165, 1.54) is 22.5 Å². The molecule has 0 fully saturated rings. The lowest BCUT2D eigenvalue weighted by molar-refractivity contribution is -0.116. The number of fused-ring (bicyclic) bond motifs is 2. The largest absolute Gasteiger partial charge is 0.332 e. The molecule has 1 aromatic carbocycles. The van der Waals surface area contributed by atoms with Gasteiger partial charge in [-0.15, -0.1) is 0 Å². The predicted molar refractivity (Wildman–Crippen MR) is 119 cm³/mol. The van der Waals surface area contributed by atoms with Crippen LogP contribution in [0.2, 0.25) is 0 Å². The minimum absolute atomic E-state index is 0.250. The maximum atomic E-state index is 13.0. The number of pyridine rings is 1. The third-order valence-corrected chi connectivity index (χ3v) is 5.34. The molecule has 160 valence electrons. The summed E-state index contributed by atoms with van der Waals surface area (Å²) in [6.07, 6.45) is 3.25. The van der Waals surface area contributed by atoms with Crippen molar-refractivity contribution < 1.29 is 4.79 Å². The van der Waals surface area contributed by atoms with E-state index >= 15 is 0 Å². The zero-order valence-corrected chi connectivity index (χ0v) is 17.4. The number of aromatic nitrogens is 6. The number of rotatable bonds is 4. The first-order valence-electron chi connectivity index (χ1n) is 9.89. The summed E-state index contributed by atoms with van der Waals surface area (Å²) in [5.74, 6) is -0.0585. The van der Waals surface area contributed by atoms with Crippen LogP contribution in [0.1, 0.15) is 0 Å². The van der Waals surface area contributed by atoms with E-state index in [2.05, 4.69) is 15.3 Å². The van der Waals surface area contributed by atoms with Crippen LogP contribution in [-0.2, 0) is 25.4 Å². The third kappa shape index (κ3) is 3.00. The van der Waals surface area contributed by atoms with Crippen molar-refractivity contribution >= 4 is 28.5 Å². The van der Waals surface area contributed by atoms with E-state index in [1.807, 2.05) is 48.5 Å². The van der Waals surface area contributed by atoms with Crippen LogP contribution in [0.3, 0.4) is 0 Å². The molecule has 0 saturated carbocycles. The molecular weight excluding hydrogens is 410 g/mol. The molecule has 0 bridgehead atoms. The summed E-state index contributed by atoms with van der Waals surface area (Å²) in [5, 5.41) is 2.84. The molecule has 4 heterocycles. The van der Waals surface area contributed by atoms with E-state index in [4.69, 9.17) is 0 Å². The van der Waals surface area contributed by atoms with E-state index in [9.17, 15) is 14.4 Å². The normalized spacial score (nSPS) is 11.3. The van der Waals surface area contributed by atoms with Gasteiger partial charge in [-0.3, -0.25) is 18.6 Å². The molecule has 1 amide bonds. The highest BCUT2D eigenvalue weighted by Gasteiger charge is 2.20. The second-order valence-electron chi connectivity index (χ2n) is 7.41. The zero-order chi connectivity index (χ0) is 22.4. The number of aryl methyl sites for hydroxylation is 2. The van der Waals surface area contributed by atoms with Crippen molar-refractivity contribution in [1.29, 1.82) is 0 Å². The van der Waals surface area contributed by atoms with Crippen LogP contribution in [0, 0.1) is 0 Å². The second kappa shape index (κ2) is 7.34. The van der Waals surface area contributed by atoms with Gasteiger partial charge in [-0.05, 0) is 12.1 Å². The Hall–Kier alpha value is -4.47. The van der Waals surface area contributed by atoms with Crippen molar-refractivity contribution in [2.75, 3.05) is 5.32 Å². The fourth-order valence-corrected chi connectivity index (χ4v) is 3.76. The lowest BCUT2D eigenvalue weighted by atomic mass is 10.1. The quantitative estimate of drug-likeness (QED) is 0.464. The monoisotopic (exact) mass is 429 g/mol.